The zero-order valence-electron chi connectivity index (χ0n) is 45.3. The van der Waals surface area contributed by atoms with Crippen LogP contribution in [-0.2, 0) is 0 Å². The maximum atomic E-state index is 7.15. The monoisotopic (exact) mass is 1070 g/mol. The maximum absolute atomic E-state index is 7.15. The van der Waals surface area contributed by atoms with Gasteiger partial charge in [0.2, 0.25) is 0 Å². The van der Waals surface area contributed by atoms with Crippen LogP contribution in [0.5, 0.6) is 0 Å². The second-order valence-electron chi connectivity index (χ2n) is 22.7. The first-order chi connectivity index (χ1) is 41.7. The van der Waals surface area contributed by atoms with Gasteiger partial charge in [-0.3, -0.25) is 0 Å². The summed E-state index contributed by atoms with van der Waals surface area (Å²) in [6.07, 6.45) is 9.15. The number of furan rings is 2. The van der Waals surface area contributed by atoms with Gasteiger partial charge in [-0.05, 0) is 138 Å². The fourth-order valence-electron chi connectivity index (χ4n) is 14.7. The van der Waals surface area contributed by atoms with Crippen molar-refractivity contribution in [3.05, 3.63) is 285 Å². The molecule has 392 valence electrons. The van der Waals surface area contributed by atoms with Gasteiger partial charge < -0.3 is 27.4 Å². The Morgan fingerprint density at radius 2 is 0.786 bits per heavy atom. The lowest BCUT2D eigenvalue weighted by Gasteiger charge is -2.28. The van der Waals surface area contributed by atoms with Crippen LogP contribution < -0.4 is 4.90 Å². The van der Waals surface area contributed by atoms with Gasteiger partial charge in [-0.25, -0.2) is 0 Å². The summed E-state index contributed by atoms with van der Waals surface area (Å²) in [7, 11) is 0. The third-order valence-electron chi connectivity index (χ3n) is 18.3. The zero-order valence-corrected chi connectivity index (χ0v) is 45.3. The van der Waals surface area contributed by atoms with Gasteiger partial charge in [0.05, 0.1) is 44.8 Å². The van der Waals surface area contributed by atoms with Crippen LogP contribution in [0.15, 0.2) is 288 Å². The van der Waals surface area contributed by atoms with E-state index in [4.69, 9.17) is 8.83 Å². The van der Waals surface area contributed by atoms with E-state index >= 15 is 0 Å². The highest BCUT2D eigenvalue weighted by Gasteiger charge is 2.38. The third-order valence-corrected chi connectivity index (χ3v) is 18.3. The van der Waals surface area contributed by atoms with Crippen LogP contribution in [0.25, 0.3) is 149 Å². The van der Waals surface area contributed by atoms with Gasteiger partial charge in [0.1, 0.15) is 16.7 Å². The van der Waals surface area contributed by atoms with Gasteiger partial charge in [0.15, 0.2) is 5.58 Å². The van der Waals surface area contributed by atoms with E-state index in [0.717, 1.165) is 99.9 Å². The molecule has 0 amide bonds. The highest BCUT2D eigenvalue weighted by molar-refractivity contribution is 6.16. The molecule has 5 aromatic heterocycles. The summed E-state index contributed by atoms with van der Waals surface area (Å²) in [5.41, 5.74) is 21.7. The molecule has 17 aromatic rings. The Morgan fingerprint density at radius 3 is 1.40 bits per heavy atom. The Kier molecular flexibility index (Phi) is 9.36. The summed E-state index contributed by atoms with van der Waals surface area (Å²) in [5, 5.41) is 11.7. The molecule has 0 radical (unpaired) electrons. The van der Waals surface area contributed by atoms with E-state index in [9.17, 15) is 0 Å². The molecule has 0 bridgehead atoms. The summed E-state index contributed by atoms with van der Waals surface area (Å²) in [6, 6.07) is 93.2. The first kappa shape index (κ1) is 45.6. The van der Waals surface area contributed by atoms with E-state index in [2.05, 4.69) is 298 Å². The summed E-state index contributed by atoms with van der Waals surface area (Å²) in [5.74, 6) is 0.120. The number of allylic oxidation sites excluding steroid dienone is 2. The lowest BCUT2D eigenvalue weighted by Crippen LogP contribution is -2.28. The average Bonchev–Trinajstić information content (AvgIpc) is 3.88. The van der Waals surface area contributed by atoms with Crippen molar-refractivity contribution in [2.45, 2.75) is 12.0 Å². The number of anilines is 2. The van der Waals surface area contributed by atoms with Crippen LogP contribution in [0.4, 0.5) is 11.4 Å². The molecule has 0 saturated carbocycles. The summed E-state index contributed by atoms with van der Waals surface area (Å²) in [4.78, 5) is 2.53. The molecule has 12 aromatic carbocycles. The molecule has 2 aliphatic rings. The first-order valence-corrected chi connectivity index (χ1v) is 29.0. The van der Waals surface area contributed by atoms with Crippen molar-refractivity contribution in [3.63, 3.8) is 0 Å². The van der Waals surface area contributed by atoms with Crippen molar-refractivity contribution in [2.24, 2.45) is 0 Å². The number of rotatable bonds is 6. The van der Waals surface area contributed by atoms with Crippen molar-refractivity contribution >= 4 is 121 Å². The minimum Gasteiger partial charge on any atom is -0.455 e. The fourth-order valence-corrected chi connectivity index (χ4v) is 14.7. The van der Waals surface area contributed by atoms with Crippen molar-refractivity contribution < 1.29 is 8.83 Å². The van der Waals surface area contributed by atoms with Crippen molar-refractivity contribution in [2.75, 3.05) is 4.90 Å². The van der Waals surface area contributed by atoms with Crippen LogP contribution in [0.3, 0.4) is 0 Å². The van der Waals surface area contributed by atoms with Crippen molar-refractivity contribution in [1.29, 1.82) is 0 Å². The molecule has 0 spiro atoms. The minimum absolute atomic E-state index is 0.0736. The first-order valence-electron chi connectivity index (χ1n) is 29.0. The molecule has 1 aliphatic carbocycles. The number of hydrogen-bond acceptors (Lipinski definition) is 3. The molecule has 6 nitrogen and oxygen atoms in total. The molecule has 6 heteroatoms. The number of hydrogen-bond donors (Lipinski definition) is 0. The summed E-state index contributed by atoms with van der Waals surface area (Å²) < 4.78 is 21.2. The Morgan fingerprint density at radius 1 is 0.286 bits per heavy atom. The standard InChI is InChI=1S/C78H48N4O2/c1-8-27-66-53(19-1)54-20-2-9-28-67(54)79(66)50-18-15-17-47(41-50)49-43-61(77-65(44-49)64-46-52(37-40-76(64)83-77)80-68-29-10-3-21-55(68)56-22-4-11-30-69(56)80)48-35-38-73-62(42-48)59-25-7-12-31-70(59)81(73)51-36-39-75-63(45-51)60-26-16-34-74(78(60)84-75)82-71-32-13-5-23-57(71)58-24-6-14-33-72(58)82/h1-46,59,70H. The predicted molar refractivity (Wildman–Crippen MR) is 348 cm³/mol. The van der Waals surface area contributed by atoms with E-state index in [-0.39, 0.29) is 12.0 Å². The highest BCUT2D eigenvalue weighted by Crippen LogP contribution is 2.51. The summed E-state index contributed by atoms with van der Waals surface area (Å²) >= 11 is 0. The quantitative estimate of drug-likeness (QED) is 0.167. The number of benzene rings is 12. The SMILES string of the molecule is C1=CC2c3cc(-c4cc(-c5cccc(-n6c7ccccc7c7ccccc76)c5)cc5c4oc4ccc(-n6c7ccccc7c7ccccc76)cc45)ccc3N(c3ccc4oc5c(-n6c7ccccc7c7ccccc76)cccc5c4c3)C2C=C1. The molecule has 0 N–H and O–H groups in total. The largest absolute Gasteiger partial charge is 0.455 e. The van der Waals surface area contributed by atoms with Crippen LogP contribution in [0.1, 0.15) is 11.5 Å². The Bertz CT molecular complexity index is 5580. The van der Waals surface area contributed by atoms with E-state index in [0.29, 0.717) is 0 Å². The van der Waals surface area contributed by atoms with Gasteiger partial charge >= 0.3 is 0 Å². The Hall–Kier alpha value is -11.1. The lowest BCUT2D eigenvalue weighted by molar-refractivity contribution is 0.666. The van der Waals surface area contributed by atoms with E-state index in [1.807, 2.05) is 0 Å². The highest BCUT2D eigenvalue weighted by atomic mass is 16.3. The van der Waals surface area contributed by atoms with Crippen LogP contribution in [0, 0.1) is 0 Å². The summed E-state index contributed by atoms with van der Waals surface area (Å²) in [6.45, 7) is 0. The molecule has 0 fully saturated rings. The van der Waals surface area contributed by atoms with E-state index < -0.39 is 0 Å². The predicted octanol–water partition coefficient (Wildman–Crippen LogP) is 20.8. The Labute approximate surface area is 481 Å². The van der Waals surface area contributed by atoms with Crippen molar-refractivity contribution in [3.8, 4) is 39.3 Å². The van der Waals surface area contributed by atoms with Crippen LogP contribution in [0.2, 0.25) is 0 Å². The molecule has 6 heterocycles. The minimum atomic E-state index is 0.0736. The number of para-hydroxylation sites is 7. The second kappa shape index (κ2) is 17.2. The fraction of sp³-hybridized carbons (Fsp3) is 0.0256. The van der Waals surface area contributed by atoms with Gasteiger partial charge in [-0.2, -0.15) is 0 Å². The molecule has 2 unspecified atom stereocenters. The molecular weight excluding hydrogens is 1020 g/mol. The molecule has 84 heavy (non-hydrogen) atoms. The maximum Gasteiger partial charge on any atom is 0.159 e. The number of nitrogens with zero attached hydrogens (tertiary/aromatic N) is 4. The normalized spacial score (nSPS) is 15.0. The molecule has 2 atom stereocenters. The van der Waals surface area contributed by atoms with Gasteiger partial charge in [-0.1, -0.05) is 164 Å². The van der Waals surface area contributed by atoms with Crippen LogP contribution in [-0.4, -0.2) is 19.7 Å². The average molecular weight is 1070 g/mol. The van der Waals surface area contributed by atoms with Gasteiger partial charge in [0.25, 0.3) is 0 Å². The zero-order chi connectivity index (χ0) is 54.7. The van der Waals surface area contributed by atoms with E-state index in [1.165, 1.54) is 65.6 Å². The van der Waals surface area contributed by atoms with Gasteiger partial charge in [-0.15, -0.1) is 0 Å². The molecule has 19 rings (SSSR count). The van der Waals surface area contributed by atoms with E-state index in [1.54, 1.807) is 0 Å². The second-order valence-corrected chi connectivity index (χ2v) is 22.7. The number of fused-ring (bicyclic) bond motifs is 18. The molecule has 0 saturated heterocycles. The smallest absolute Gasteiger partial charge is 0.159 e. The third kappa shape index (κ3) is 6.39. The lowest BCUT2D eigenvalue weighted by atomic mass is 9.89. The Balaban J connectivity index is 0.785. The van der Waals surface area contributed by atoms with Crippen LogP contribution >= 0.6 is 0 Å². The molecule has 1 aliphatic heterocycles. The number of aromatic nitrogens is 3. The molecular formula is C78H48N4O2. The topological polar surface area (TPSA) is 44.3 Å². The van der Waals surface area contributed by atoms with Crippen molar-refractivity contribution in [1.82, 2.24) is 13.7 Å². The van der Waals surface area contributed by atoms with Gasteiger partial charge in [0, 0.05) is 88.1 Å².